The molecule has 0 radical (unpaired) electrons. The van der Waals surface area contributed by atoms with Crippen molar-refractivity contribution in [3.8, 4) is 0 Å². The number of hydrogen-bond acceptors (Lipinski definition) is 3. The minimum Gasteiger partial charge on any atom is -0.351 e. The van der Waals surface area contributed by atoms with Gasteiger partial charge < -0.3 is 11.1 Å². The predicted octanol–water partition coefficient (Wildman–Crippen LogP) is 1.57. The summed E-state index contributed by atoms with van der Waals surface area (Å²) in [7, 11) is 0. The highest BCUT2D eigenvalue weighted by Gasteiger charge is 2.24. The quantitative estimate of drug-likeness (QED) is 0.885. The van der Waals surface area contributed by atoms with Gasteiger partial charge in [-0.1, -0.05) is 30.3 Å². The number of halogens is 2. The van der Waals surface area contributed by atoms with Crippen LogP contribution in [0.1, 0.15) is 18.9 Å². The summed E-state index contributed by atoms with van der Waals surface area (Å²) in [5, 5.41) is 2.99. The molecule has 0 saturated carbocycles. The van der Waals surface area contributed by atoms with Crippen LogP contribution in [0.25, 0.3) is 0 Å². The SMILES string of the molecule is CC(N)C(=O)NC1CCN(Cc2ccccc2)C1.Cl.Cl. The summed E-state index contributed by atoms with van der Waals surface area (Å²) in [5.41, 5.74) is 6.86. The average molecular weight is 320 g/mol. The maximum absolute atomic E-state index is 11.5. The standard InChI is InChI=1S/C14H21N3O.2ClH/c1-11(15)14(18)16-13-7-8-17(10-13)9-12-5-3-2-4-6-12;;/h2-6,11,13H,7-10,15H2,1H3,(H,16,18);2*1H. The molecule has 2 unspecified atom stereocenters. The molecule has 1 aromatic rings. The van der Waals surface area contributed by atoms with E-state index < -0.39 is 6.04 Å². The summed E-state index contributed by atoms with van der Waals surface area (Å²) in [6.45, 7) is 4.60. The topological polar surface area (TPSA) is 58.4 Å². The van der Waals surface area contributed by atoms with E-state index in [1.165, 1.54) is 5.56 Å². The van der Waals surface area contributed by atoms with Crippen molar-refractivity contribution in [1.29, 1.82) is 0 Å². The van der Waals surface area contributed by atoms with Gasteiger partial charge in [0.05, 0.1) is 6.04 Å². The van der Waals surface area contributed by atoms with Crippen LogP contribution >= 0.6 is 24.8 Å². The number of benzene rings is 1. The fourth-order valence-electron chi connectivity index (χ4n) is 2.27. The second-order valence-corrected chi connectivity index (χ2v) is 5.00. The van der Waals surface area contributed by atoms with Gasteiger partial charge in [0.2, 0.25) is 5.91 Å². The van der Waals surface area contributed by atoms with E-state index in [1.807, 2.05) is 6.07 Å². The predicted molar refractivity (Wildman–Crippen MR) is 86.4 cm³/mol. The van der Waals surface area contributed by atoms with Crippen LogP contribution in [0, 0.1) is 0 Å². The van der Waals surface area contributed by atoms with E-state index >= 15 is 0 Å². The molecule has 3 N–H and O–H groups in total. The molecule has 6 heteroatoms. The minimum absolute atomic E-state index is 0. The fourth-order valence-corrected chi connectivity index (χ4v) is 2.27. The molecule has 20 heavy (non-hydrogen) atoms. The molecule has 0 aromatic heterocycles. The molecule has 1 fully saturated rings. The largest absolute Gasteiger partial charge is 0.351 e. The van der Waals surface area contributed by atoms with E-state index in [1.54, 1.807) is 6.92 Å². The van der Waals surface area contributed by atoms with Gasteiger partial charge in [-0.05, 0) is 18.9 Å². The fraction of sp³-hybridized carbons (Fsp3) is 0.500. The lowest BCUT2D eigenvalue weighted by molar-refractivity contribution is -0.122. The van der Waals surface area contributed by atoms with Gasteiger partial charge >= 0.3 is 0 Å². The van der Waals surface area contributed by atoms with Crippen LogP contribution in [0.3, 0.4) is 0 Å². The molecule has 0 spiro atoms. The summed E-state index contributed by atoms with van der Waals surface area (Å²) in [6, 6.07) is 10.2. The Bertz CT molecular complexity index is 401. The zero-order chi connectivity index (χ0) is 13.0. The molecule has 0 aliphatic carbocycles. The highest BCUT2D eigenvalue weighted by atomic mass is 35.5. The molecule has 1 saturated heterocycles. The van der Waals surface area contributed by atoms with E-state index in [2.05, 4.69) is 34.5 Å². The molecular weight excluding hydrogens is 297 g/mol. The van der Waals surface area contributed by atoms with E-state index in [-0.39, 0.29) is 36.8 Å². The van der Waals surface area contributed by atoms with Crippen molar-refractivity contribution >= 4 is 30.7 Å². The second-order valence-electron chi connectivity index (χ2n) is 5.00. The Balaban J connectivity index is 0.00000180. The average Bonchev–Trinajstić information content (AvgIpc) is 2.77. The highest BCUT2D eigenvalue weighted by Crippen LogP contribution is 2.13. The second kappa shape index (κ2) is 9.19. The van der Waals surface area contributed by atoms with Gasteiger partial charge in [0.15, 0.2) is 0 Å². The van der Waals surface area contributed by atoms with Crippen LogP contribution in [-0.2, 0) is 11.3 Å². The van der Waals surface area contributed by atoms with Gasteiger partial charge in [-0.25, -0.2) is 0 Å². The zero-order valence-electron chi connectivity index (χ0n) is 11.6. The Morgan fingerprint density at radius 3 is 2.65 bits per heavy atom. The molecule has 114 valence electrons. The van der Waals surface area contributed by atoms with E-state index in [0.29, 0.717) is 0 Å². The van der Waals surface area contributed by atoms with Gasteiger partial charge in [0.1, 0.15) is 0 Å². The smallest absolute Gasteiger partial charge is 0.236 e. The van der Waals surface area contributed by atoms with Crippen molar-refractivity contribution < 1.29 is 4.79 Å². The first-order valence-corrected chi connectivity index (χ1v) is 6.47. The molecule has 1 aliphatic heterocycles. The van der Waals surface area contributed by atoms with Crippen molar-refractivity contribution in [2.75, 3.05) is 13.1 Å². The van der Waals surface area contributed by atoms with Gasteiger partial charge in [-0.2, -0.15) is 0 Å². The van der Waals surface area contributed by atoms with Crippen molar-refractivity contribution in [2.45, 2.75) is 32.0 Å². The van der Waals surface area contributed by atoms with Crippen molar-refractivity contribution in [3.63, 3.8) is 0 Å². The molecular formula is C14H23Cl2N3O. The first-order chi connectivity index (χ1) is 8.65. The monoisotopic (exact) mass is 319 g/mol. The normalized spacial score (nSPS) is 19.6. The summed E-state index contributed by atoms with van der Waals surface area (Å²) in [4.78, 5) is 13.9. The molecule has 2 rings (SSSR count). The van der Waals surface area contributed by atoms with Crippen molar-refractivity contribution in [3.05, 3.63) is 35.9 Å². The van der Waals surface area contributed by atoms with Crippen LogP contribution in [0.5, 0.6) is 0 Å². The van der Waals surface area contributed by atoms with Gasteiger partial charge in [-0.15, -0.1) is 24.8 Å². The third kappa shape index (κ3) is 5.67. The molecule has 1 amide bonds. The minimum atomic E-state index is -0.423. The lowest BCUT2D eigenvalue weighted by atomic mass is 10.2. The van der Waals surface area contributed by atoms with Crippen LogP contribution in [-0.4, -0.2) is 36.0 Å². The first kappa shape index (κ1) is 19.2. The Morgan fingerprint density at radius 1 is 1.40 bits per heavy atom. The lowest BCUT2D eigenvalue weighted by Gasteiger charge is -2.17. The summed E-state index contributed by atoms with van der Waals surface area (Å²) in [5.74, 6) is -0.0541. The first-order valence-electron chi connectivity index (χ1n) is 6.47. The third-order valence-electron chi connectivity index (χ3n) is 3.28. The maximum Gasteiger partial charge on any atom is 0.236 e. The summed E-state index contributed by atoms with van der Waals surface area (Å²) in [6.07, 6.45) is 1.01. The summed E-state index contributed by atoms with van der Waals surface area (Å²) < 4.78 is 0. The van der Waals surface area contributed by atoms with Gasteiger partial charge in [0.25, 0.3) is 0 Å². The van der Waals surface area contributed by atoms with Crippen molar-refractivity contribution in [2.24, 2.45) is 5.73 Å². The Labute approximate surface area is 132 Å². The molecule has 4 nitrogen and oxygen atoms in total. The van der Waals surface area contributed by atoms with E-state index in [4.69, 9.17) is 5.73 Å². The summed E-state index contributed by atoms with van der Waals surface area (Å²) >= 11 is 0. The Kier molecular flexibility index (Phi) is 8.81. The number of nitrogens with one attached hydrogen (secondary N) is 1. The van der Waals surface area contributed by atoms with E-state index in [9.17, 15) is 4.79 Å². The number of likely N-dealkylation sites (tertiary alicyclic amines) is 1. The Hall–Kier alpha value is -0.810. The van der Waals surface area contributed by atoms with Gasteiger partial charge in [0, 0.05) is 25.7 Å². The number of hydrogen-bond donors (Lipinski definition) is 2. The molecule has 0 bridgehead atoms. The molecule has 1 aliphatic rings. The van der Waals surface area contributed by atoms with Crippen LogP contribution < -0.4 is 11.1 Å². The number of nitrogens with two attached hydrogens (primary N) is 1. The van der Waals surface area contributed by atoms with E-state index in [0.717, 1.165) is 26.1 Å². The third-order valence-corrected chi connectivity index (χ3v) is 3.28. The molecule has 1 aromatic carbocycles. The van der Waals surface area contributed by atoms with Crippen molar-refractivity contribution in [1.82, 2.24) is 10.2 Å². The molecule has 2 atom stereocenters. The highest BCUT2D eigenvalue weighted by molar-refractivity contribution is 5.85. The Morgan fingerprint density at radius 2 is 2.05 bits per heavy atom. The number of nitrogens with zero attached hydrogens (tertiary/aromatic N) is 1. The van der Waals surface area contributed by atoms with Crippen LogP contribution in [0.4, 0.5) is 0 Å². The van der Waals surface area contributed by atoms with Gasteiger partial charge in [-0.3, -0.25) is 9.69 Å². The maximum atomic E-state index is 11.5. The zero-order valence-corrected chi connectivity index (χ0v) is 13.3. The number of amides is 1. The number of carbonyl (C=O) groups excluding carboxylic acids is 1. The van der Waals surface area contributed by atoms with Crippen LogP contribution in [0.15, 0.2) is 30.3 Å². The number of rotatable bonds is 4. The number of carbonyl (C=O) groups is 1. The van der Waals surface area contributed by atoms with Crippen LogP contribution in [0.2, 0.25) is 0 Å². The lowest BCUT2D eigenvalue weighted by Crippen LogP contribution is -2.44. The molecule has 1 heterocycles.